The van der Waals surface area contributed by atoms with E-state index >= 15 is 0 Å². The van der Waals surface area contributed by atoms with E-state index in [2.05, 4.69) is 76.8 Å². The first-order chi connectivity index (χ1) is 15.6. The molecule has 2 aromatic carbocycles. The molecule has 2 heterocycles. The van der Waals surface area contributed by atoms with Crippen molar-refractivity contribution in [2.45, 2.75) is 52.0 Å². The number of benzene rings is 2. The number of halogens is 1. The summed E-state index contributed by atoms with van der Waals surface area (Å²) >= 11 is 0. The lowest BCUT2D eigenvalue weighted by Gasteiger charge is -2.35. The quantitative estimate of drug-likeness (QED) is 0.305. The average Bonchev–Trinajstić information content (AvgIpc) is 3.24. The second kappa shape index (κ2) is 12.6. The summed E-state index contributed by atoms with van der Waals surface area (Å²) in [4.78, 5) is 6.90. The Bertz CT molecular complexity index is 926. The highest BCUT2D eigenvalue weighted by atomic mass is 127. The van der Waals surface area contributed by atoms with Gasteiger partial charge in [0, 0.05) is 46.2 Å². The number of nitrogens with zero attached hydrogens (tertiary/aromatic N) is 2. The summed E-state index contributed by atoms with van der Waals surface area (Å²) in [5, 5.41) is 6.93. The Hall–Kier alpha value is -1.84. The molecule has 0 bridgehead atoms. The fraction of sp³-hybridized carbons (Fsp3) is 0.500. The van der Waals surface area contributed by atoms with Crippen molar-refractivity contribution in [3.05, 3.63) is 64.7 Å². The SMILES string of the molecule is CN=C(NCCc1ccc2c(c1)CCO2)NCc1ccccc1CN1CC(C)OC(C)C1.I. The van der Waals surface area contributed by atoms with Gasteiger partial charge in [0.2, 0.25) is 0 Å². The standard InChI is InChI=1S/C26H36N4O2.HI/c1-19-16-30(17-20(2)32-19)18-24-7-5-4-6-23(24)15-29-26(27-3)28-12-10-21-8-9-25-22(14-21)11-13-31-25;/h4-9,14,19-20H,10-13,15-18H2,1-3H3,(H2,27,28,29);1H. The van der Waals surface area contributed by atoms with Crippen LogP contribution in [0.4, 0.5) is 0 Å². The number of aliphatic imine (C=N–C) groups is 1. The molecule has 2 atom stereocenters. The van der Waals surface area contributed by atoms with E-state index in [1.165, 1.54) is 22.3 Å². The second-order valence-electron chi connectivity index (χ2n) is 8.86. The molecule has 7 heteroatoms. The van der Waals surface area contributed by atoms with Crippen LogP contribution in [0.5, 0.6) is 5.75 Å². The van der Waals surface area contributed by atoms with Gasteiger partial charge >= 0.3 is 0 Å². The molecule has 1 fully saturated rings. The van der Waals surface area contributed by atoms with Crippen molar-refractivity contribution in [2.24, 2.45) is 4.99 Å². The molecule has 0 aromatic heterocycles. The third kappa shape index (κ3) is 7.32. The lowest BCUT2D eigenvalue weighted by molar-refractivity contribution is -0.0705. The summed E-state index contributed by atoms with van der Waals surface area (Å²) in [5.41, 5.74) is 5.32. The minimum atomic E-state index is 0. The second-order valence-corrected chi connectivity index (χ2v) is 8.86. The monoisotopic (exact) mass is 564 g/mol. The molecule has 6 nitrogen and oxygen atoms in total. The first-order valence-electron chi connectivity index (χ1n) is 11.7. The topological polar surface area (TPSA) is 58.1 Å². The molecule has 0 saturated carbocycles. The van der Waals surface area contributed by atoms with Gasteiger partial charge in [-0.25, -0.2) is 0 Å². The van der Waals surface area contributed by atoms with Gasteiger partial charge in [-0.2, -0.15) is 0 Å². The Morgan fingerprint density at radius 1 is 1.06 bits per heavy atom. The highest BCUT2D eigenvalue weighted by Crippen LogP contribution is 2.25. The molecule has 1 saturated heterocycles. The Kier molecular flexibility index (Phi) is 9.82. The first-order valence-corrected chi connectivity index (χ1v) is 11.7. The van der Waals surface area contributed by atoms with E-state index in [1.807, 2.05) is 7.05 Å². The van der Waals surface area contributed by atoms with E-state index in [0.717, 1.165) is 63.9 Å². The molecule has 0 spiro atoms. The van der Waals surface area contributed by atoms with Crippen LogP contribution in [0.2, 0.25) is 0 Å². The van der Waals surface area contributed by atoms with Crippen LogP contribution in [-0.2, 0) is 30.7 Å². The van der Waals surface area contributed by atoms with Gasteiger partial charge in [-0.3, -0.25) is 9.89 Å². The van der Waals surface area contributed by atoms with Crippen molar-refractivity contribution in [1.29, 1.82) is 0 Å². The average molecular weight is 565 g/mol. The Morgan fingerprint density at radius 2 is 1.82 bits per heavy atom. The van der Waals surface area contributed by atoms with E-state index in [4.69, 9.17) is 9.47 Å². The van der Waals surface area contributed by atoms with E-state index in [1.54, 1.807) is 0 Å². The number of ether oxygens (including phenoxy) is 2. The van der Waals surface area contributed by atoms with Crippen molar-refractivity contribution < 1.29 is 9.47 Å². The third-order valence-electron chi connectivity index (χ3n) is 6.14. The number of hydrogen-bond acceptors (Lipinski definition) is 4. The molecule has 0 aliphatic carbocycles. The normalized spacial score (nSPS) is 20.5. The number of hydrogen-bond donors (Lipinski definition) is 2. The number of rotatable bonds is 7. The summed E-state index contributed by atoms with van der Waals surface area (Å²) in [5.74, 6) is 1.87. The van der Waals surface area contributed by atoms with Crippen LogP contribution in [0, 0.1) is 0 Å². The van der Waals surface area contributed by atoms with Crippen LogP contribution in [0.1, 0.15) is 36.1 Å². The van der Waals surface area contributed by atoms with Crippen LogP contribution >= 0.6 is 24.0 Å². The van der Waals surface area contributed by atoms with Gasteiger partial charge in [0.15, 0.2) is 5.96 Å². The Labute approximate surface area is 215 Å². The minimum absolute atomic E-state index is 0. The first kappa shape index (κ1) is 25.8. The molecule has 180 valence electrons. The fourth-order valence-corrected chi connectivity index (χ4v) is 4.66. The minimum Gasteiger partial charge on any atom is -0.493 e. The highest BCUT2D eigenvalue weighted by Gasteiger charge is 2.22. The van der Waals surface area contributed by atoms with Gasteiger partial charge in [-0.1, -0.05) is 36.4 Å². The fourth-order valence-electron chi connectivity index (χ4n) is 4.66. The third-order valence-corrected chi connectivity index (χ3v) is 6.14. The molecule has 4 rings (SSSR count). The molecule has 33 heavy (non-hydrogen) atoms. The van der Waals surface area contributed by atoms with Crippen LogP contribution in [0.25, 0.3) is 0 Å². The Morgan fingerprint density at radius 3 is 2.58 bits per heavy atom. The molecule has 2 aliphatic heterocycles. The molecular formula is C26H37IN4O2. The maximum Gasteiger partial charge on any atom is 0.191 e. The zero-order valence-corrected chi connectivity index (χ0v) is 22.3. The summed E-state index contributed by atoms with van der Waals surface area (Å²) in [6.07, 6.45) is 2.54. The zero-order chi connectivity index (χ0) is 22.3. The molecule has 2 aliphatic rings. The molecular weight excluding hydrogens is 527 g/mol. The number of morpholine rings is 1. The van der Waals surface area contributed by atoms with Gasteiger partial charge in [0.25, 0.3) is 0 Å². The van der Waals surface area contributed by atoms with Crippen molar-refractivity contribution >= 4 is 29.9 Å². The van der Waals surface area contributed by atoms with E-state index in [9.17, 15) is 0 Å². The van der Waals surface area contributed by atoms with Crippen LogP contribution in [0.15, 0.2) is 47.5 Å². The van der Waals surface area contributed by atoms with Gasteiger partial charge in [0.05, 0.1) is 18.8 Å². The molecule has 2 N–H and O–H groups in total. The predicted octanol–water partition coefficient (Wildman–Crippen LogP) is 3.76. The van der Waals surface area contributed by atoms with Crippen LogP contribution in [0.3, 0.4) is 0 Å². The van der Waals surface area contributed by atoms with Gasteiger partial charge in [0.1, 0.15) is 5.75 Å². The molecule has 2 unspecified atom stereocenters. The van der Waals surface area contributed by atoms with Gasteiger partial charge in [-0.15, -0.1) is 24.0 Å². The zero-order valence-electron chi connectivity index (χ0n) is 20.0. The van der Waals surface area contributed by atoms with Gasteiger partial charge < -0.3 is 20.1 Å². The summed E-state index contributed by atoms with van der Waals surface area (Å²) < 4.78 is 11.5. The number of fused-ring (bicyclic) bond motifs is 1. The molecule has 2 aromatic rings. The molecule has 0 radical (unpaired) electrons. The van der Waals surface area contributed by atoms with Crippen molar-refractivity contribution in [3.8, 4) is 5.75 Å². The Balaban J connectivity index is 0.00000306. The largest absolute Gasteiger partial charge is 0.493 e. The van der Waals surface area contributed by atoms with E-state index < -0.39 is 0 Å². The summed E-state index contributed by atoms with van der Waals surface area (Å²) in [6, 6.07) is 15.2. The smallest absolute Gasteiger partial charge is 0.191 e. The lowest BCUT2D eigenvalue weighted by atomic mass is 10.1. The predicted molar refractivity (Wildman–Crippen MR) is 145 cm³/mol. The van der Waals surface area contributed by atoms with Crippen molar-refractivity contribution in [2.75, 3.05) is 33.3 Å². The lowest BCUT2D eigenvalue weighted by Crippen LogP contribution is -2.45. The van der Waals surface area contributed by atoms with Crippen molar-refractivity contribution in [3.63, 3.8) is 0 Å². The number of guanidine groups is 1. The number of nitrogens with one attached hydrogen (secondary N) is 2. The highest BCUT2D eigenvalue weighted by molar-refractivity contribution is 14.0. The summed E-state index contributed by atoms with van der Waals surface area (Å²) in [7, 11) is 1.82. The maximum absolute atomic E-state index is 5.88. The molecule has 0 amide bonds. The maximum atomic E-state index is 5.88. The van der Waals surface area contributed by atoms with Crippen LogP contribution in [-0.4, -0.2) is 56.4 Å². The van der Waals surface area contributed by atoms with Gasteiger partial charge in [-0.05, 0) is 48.6 Å². The van der Waals surface area contributed by atoms with E-state index in [-0.39, 0.29) is 36.2 Å². The summed E-state index contributed by atoms with van der Waals surface area (Å²) in [6.45, 7) is 9.60. The van der Waals surface area contributed by atoms with Crippen LogP contribution < -0.4 is 15.4 Å². The van der Waals surface area contributed by atoms with E-state index in [0.29, 0.717) is 0 Å². The van der Waals surface area contributed by atoms with Crippen molar-refractivity contribution in [1.82, 2.24) is 15.5 Å².